The van der Waals surface area contributed by atoms with Crippen molar-refractivity contribution in [2.45, 2.75) is 37.7 Å². The minimum Gasteiger partial charge on any atom is -0.385 e. The number of aliphatic hydroxyl groups is 1. The molecule has 108 valence electrons. The Labute approximate surface area is 125 Å². The minimum atomic E-state index is -0.612. The first kappa shape index (κ1) is 12.2. The SMILES string of the molecule is OC1(c2cccc3ncccc23)CC2CC1C1CCCC21. The summed E-state index contributed by atoms with van der Waals surface area (Å²) < 4.78 is 0. The lowest BCUT2D eigenvalue weighted by molar-refractivity contribution is -0.0500. The summed E-state index contributed by atoms with van der Waals surface area (Å²) in [4.78, 5) is 4.46. The third-order valence-corrected chi connectivity index (χ3v) is 6.60. The Morgan fingerprint density at radius 3 is 2.95 bits per heavy atom. The van der Waals surface area contributed by atoms with Crippen LogP contribution in [-0.4, -0.2) is 10.1 Å². The summed E-state index contributed by atoms with van der Waals surface area (Å²) in [5, 5.41) is 12.7. The van der Waals surface area contributed by atoms with Gasteiger partial charge in [-0.15, -0.1) is 0 Å². The average Bonchev–Trinajstić information content (AvgIpc) is 3.18. The van der Waals surface area contributed by atoms with E-state index < -0.39 is 5.60 Å². The predicted molar refractivity (Wildman–Crippen MR) is 82.7 cm³/mol. The second-order valence-corrected chi connectivity index (χ2v) is 7.36. The van der Waals surface area contributed by atoms with Gasteiger partial charge in [-0.25, -0.2) is 0 Å². The van der Waals surface area contributed by atoms with Gasteiger partial charge in [0.2, 0.25) is 0 Å². The Bertz CT molecular complexity index is 706. The zero-order valence-corrected chi connectivity index (χ0v) is 12.2. The number of rotatable bonds is 1. The van der Waals surface area contributed by atoms with Crippen molar-refractivity contribution >= 4 is 10.9 Å². The van der Waals surface area contributed by atoms with Gasteiger partial charge in [0.05, 0.1) is 11.1 Å². The quantitative estimate of drug-likeness (QED) is 0.859. The van der Waals surface area contributed by atoms with Crippen molar-refractivity contribution in [3.05, 3.63) is 42.1 Å². The van der Waals surface area contributed by atoms with E-state index in [1.807, 2.05) is 18.3 Å². The van der Waals surface area contributed by atoms with Crippen LogP contribution in [0.2, 0.25) is 0 Å². The molecule has 3 fully saturated rings. The molecule has 0 amide bonds. The van der Waals surface area contributed by atoms with Crippen LogP contribution in [0.3, 0.4) is 0 Å². The molecule has 3 aliphatic rings. The Balaban J connectivity index is 1.66. The summed E-state index contributed by atoms with van der Waals surface area (Å²) in [5.41, 5.74) is 1.53. The van der Waals surface area contributed by atoms with Crippen molar-refractivity contribution in [1.29, 1.82) is 0 Å². The van der Waals surface area contributed by atoms with Crippen molar-refractivity contribution in [2.75, 3.05) is 0 Å². The van der Waals surface area contributed by atoms with Crippen LogP contribution in [0.1, 0.15) is 37.7 Å². The van der Waals surface area contributed by atoms with Gasteiger partial charge in [-0.3, -0.25) is 4.98 Å². The Morgan fingerprint density at radius 2 is 2.00 bits per heavy atom. The van der Waals surface area contributed by atoms with E-state index >= 15 is 0 Å². The first-order chi connectivity index (χ1) is 10.3. The van der Waals surface area contributed by atoms with Gasteiger partial charge in [0.15, 0.2) is 0 Å². The van der Waals surface area contributed by atoms with Crippen LogP contribution in [0.15, 0.2) is 36.5 Å². The third-order valence-electron chi connectivity index (χ3n) is 6.60. The Morgan fingerprint density at radius 1 is 1.10 bits per heavy atom. The highest BCUT2D eigenvalue weighted by Gasteiger charge is 2.61. The van der Waals surface area contributed by atoms with Crippen molar-refractivity contribution < 1.29 is 5.11 Å². The van der Waals surface area contributed by atoms with Gasteiger partial charge in [-0.2, -0.15) is 0 Å². The molecule has 21 heavy (non-hydrogen) atoms. The molecule has 1 heterocycles. The lowest BCUT2D eigenvalue weighted by atomic mass is 9.69. The second kappa shape index (κ2) is 4.07. The summed E-state index contributed by atoms with van der Waals surface area (Å²) in [7, 11) is 0. The number of hydrogen-bond acceptors (Lipinski definition) is 2. The zero-order valence-electron chi connectivity index (χ0n) is 12.2. The van der Waals surface area contributed by atoms with Crippen LogP contribution in [-0.2, 0) is 5.60 Å². The summed E-state index contributed by atoms with van der Waals surface area (Å²) in [5.74, 6) is 2.89. The molecule has 0 radical (unpaired) electrons. The van der Waals surface area contributed by atoms with Gasteiger partial charge in [0.1, 0.15) is 0 Å². The van der Waals surface area contributed by atoms with E-state index in [0.717, 1.165) is 40.6 Å². The van der Waals surface area contributed by atoms with E-state index in [-0.39, 0.29) is 0 Å². The van der Waals surface area contributed by atoms with E-state index in [1.165, 1.54) is 25.7 Å². The Hall–Kier alpha value is -1.41. The second-order valence-electron chi connectivity index (χ2n) is 7.36. The van der Waals surface area contributed by atoms with Gasteiger partial charge in [-0.05, 0) is 67.1 Å². The molecule has 0 aliphatic heterocycles. The van der Waals surface area contributed by atoms with E-state index in [9.17, 15) is 5.11 Å². The summed E-state index contributed by atoms with van der Waals surface area (Å²) in [6, 6.07) is 10.3. The maximum absolute atomic E-state index is 11.6. The predicted octanol–water partition coefficient (Wildman–Crippen LogP) is 3.88. The van der Waals surface area contributed by atoms with Gasteiger partial charge >= 0.3 is 0 Å². The molecule has 3 saturated carbocycles. The van der Waals surface area contributed by atoms with Gasteiger partial charge in [0, 0.05) is 11.6 Å². The average molecular weight is 279 g/mol. The fraction of sp³-hybridized carbons (Fsp3) is 0.526. The smallest absolute Gasteiger partial charge is 0.0936 e. The topological polar surface area (TPSA) is 33.1 Å². The monoisotopic (exact) mass is 279 g/mol. The van der Waals surface area contributed by atoms with Crippen LogP contribution in [0, 0.1) is 23.7 Å². The number of fused-ring (bicyclic) bond motifs is 6. The maximum atomic E-state index is 11.6. The Kier molecular flexibility index (Phi) is 2.36. The molecule has 5 atom stereocenters. The zero-order chi connectivity index (χ0) is 14.0. The molecule has 3 aliphatic carbocycles. The molecular formula is C19H21NO. The molecule has 2 nitrogen and oxygen atoms in total. The fourth-order valence-corrected chi connectivity index (χ4v) is 5.90. The van der Waals surface area contributed by atoms with Crippen LogP contribution in [0.4, 0.5) is 0 Å². The third kappa shape index (κ3) is 1.49. The first-order valence-corrected chi connectivity index (χ1v) is 8.34. The highest BCUT2D eigenvalue weighted by atomic mass is 16.3. The molecule has 5 rings (SSSR count). The minimum absolute atomic E-state index is 0.473. The number of benzene rings is 1. The fourth-order valence-electron chi connectivity index (χ4n) is 5.90. The van der Waals surface area contributed by atoms with Crippen molar-refractivity contribution in [3.8, 4) is 0 Å². The molecule has 0 saturated heterocycles. The molecule has 2 aromatic rings. The van der Waals surface area contributed by atoms with Gasteiger partial charge < -0.3 is 5.11 Å². The van der Waals surface area contributed by atoms with Crippen LogP contribution in [0.25, 0.3) is 10.9 Å². The highest BCUT2D eigenvalue weighted by Crippen LogP contribution is 2.65. The van der Waals surface area contributed by atoms with Crippen LogP contribution < -0.4 is 0 Å². The normalized spacial score (nSPS) is 40.8. The van der Waals surface area contributed by atoms with Crippen molar-refractivity contribution in [1.82, 2.24) is 4.98 Å². The largest absolute Gasteiger partial charge is 0.385 e. The molecule has 2 bridgehead atoms. The number of pyridine rings is 1. The summed E-state index contributed by atoms with van der Waals surface area (Å²) in [6.07, 6.45) is 8.14. The summed E-state index contributed by atoms with van der Waals surface area (Å²) >= 11 is 0. The number of aromatic nitrogens is 1. The number of hydrogen-bond donors (Lipinski definition) is 1. The van der Waals surface area contributed by atoms with Crippen LogP contribution in [0.5, 0.6) is 0 Å². The van der Waals surface area contributed by atoms with E-state index in [0.29, 0.717) is 5.92 Å². The first-order valence-electron chi connectivity index (χ1n) is 8.34. The molecular weight excluding hydrogens is 258 g/mol. The molecule has 5 unspecified atom stereocenters. The summed E-state index contributed by atoms with van der Waals surface area (Å²) in [6.45, 7) is 0. The lowest BCUT2D eigenvalue weighted by Gasteiger charge is -2.40. The molecule has 1 aromatic carbocycles. The van der Waals surface area contributed by atoms with E-state index in [4.69, 9.17) is 0 Å². The number of nitrogens with zero attached hydrogens (tertiary/aromatic N) is 1. The van der Waals surface area contributed by atoms with Crippen molar-refractivity contribution in [3.63, 3.8) is 0 Å². The molecule has 1 N–H and O–H groups in total. The molecule has 2 heteroatoms. The lowest BCUT2D eigenvalue weighted by Crippen LogP contribution is -2.39. The van der Waals surface area contributed by atoms with E-state index in [1.54, 1.807) is 0 Å². The van der Waals surface area contributed by atoms with Crippen LogP contribution >= 0.6 is 0 Å². The molecule has 0 spiro atoms. The highest BCUT2D eigenvalue weighted by molar-refractivity contribution is 5.83. The maximum Gasteiger partial charge on any atom is 0.0936 e. The van der Waals surface area contributed by atoms with Gasteiger partial charge in [0.25, 0.3) is 0 Å². The standard InChI is InChI=1S/C19H21NO/c21-19(11-12-10-17(19)14-5-1-4-13(12)14)16-7-2-8-18-15(16)6-3-9-20-18/h2-3,6-9,12-14,17,21H,1,4-5,10-11H2. The van der Waals surface area contributed by atoms with Gasteiger partial charge in [-0.1, -0.05) is 24.6 Å². The molecule has 1 aromatic heterocycles. The van der Waals surface area contributed by atoms with E-state index in [2.05, 4.69) is 23.2 Å². The van der Waals surface area contributed by atoms with Crippen molar-refractivity contribution in [2.24, 2.45) is 23.7 Å².